The van der Waals surface area contributed by atoms with Gasteiger partial charge in [-0.05, 0) is 38.1 Å². The first-order valence-electron chi connectivity index (χ1n) is 5.60. The van der Waals surface area contributed by atoms with Gasteiger partial charge in [0, 0.05) is 18.5 Å². The molecule has 0 aliphatic heterocycles. The Kier molecular flexibility index (Phi) is 2.81. The van der Waals surface area contributed by atoms with Crippen molar-refractivity contribution in [2.75, 3.05) is 20.6 Å². The molecule has 2 N–H and O–H groups in total. The molecule has 0 saturated heterocycles. The molecule has 1 aliphatic carbocycles. The molecule has 0 aromatic heterocycles. The van der Waals surface area contributed by atoms with Gasteiger partial charge in [0.2, 0.25) is 0 Å². The lowest BCUT2D eigenvalue weighted by Gasteiger charge is -2.21. The van der Waals surface area contributed by atoms with Crippen molar-refractivity contribution in [2.45, 2.75) is 24.8 Å². The van der Waals surface area contributed by atoms with Gasteiger partial charge < -0.3 is 10.6 Å². The summed E-state index contributed by atoms with van der Waals surface area (Å²) in [7, 11) is 4.29. The molecule has 82 valence electrons. The molecule has 2 rings (SSSR count). The smallest absolute Gasteiger partial charge is 0.0178 e. The fourth-order valence-corrected chi connectivity index (χ4v) is 2.32. The first kappa shape index (κ1) is 10.7. The molecule has 0 amide bonds. The van der Waals surface area contributed by atoms with E-state index in [1.165, 1.54) is 24.0 Å². The van der Waals surface area contributed by atoms with Gasteiger partial charge in [-0.2, -0.15) is 0 Å². The Balaban J connectivity index is 2.21. The summed E-state index contributed by atoms with van der Waals surface area (Å²) in [5, 5.41) is 0. The van der Waals surface area contributed by atoms with Crippen LogP contribution in [0.3, 0.4) is 0 Å². The number of nitrogens with zero attached hydrogens (tertiary/aromatic N) is 1. The van der Waals surface area contributed by atoms with Crippen molar-refractivity contribution in [1.29, 1.82) is 0 Å². The van der Waals surface area contributed by atoms with Crippen LogP contribution in [-0.2, 0) is 12.0 Å². The van der Waals surface area contributed by atoms with Crippen LogP contribution in [-0.4, -0.2) is 25.5 Å². The van der Waals surface area contributed by atoms with Crippen LogP contribution in [0.25, 0.3) is 0 Å². The highest BCUT2D eigenvalue weighted by molar-refractivity contribution is 5.35. The first-order valence-corrected chi connectivity index (χ1v) is 5.60. The Labute approximate surface area is 92.1 Å². The summed E-state index contributed by atoms with van der Waals surface area (Å²) in [6.45, 7) is 1.80. The summed E-state index contributed by atoms with van der Waals surface area (Å²) in [6, 6.07) is 8.76. The van der Waals surface area contributed by atoms with E-state index in [2.05, 4.69) is 43.3 Å². The highest BCUT2D eigenvalue weighted by atomic mass is 15.1. The van der Waals surface area contributed by atoms with Crippen LogP contribution >= 0.6 is 0 Å². The van der Waals surface area contributed by atoms with Crippen LogP contribution in [0.4, 0.5) is 0 Å². The van der Waals surface area contributed by atoms with Crippen molar-refractivity contribution in [3.05, 3.63) is 35.4 Å². The third kappa shape index (κ3) is 2.21. The molecule has 0 spiro atoms. The van der Waals surface area contributed by atoms with E-state index in [0.717, 1.165) is 6.54 Å². The normalized spacial score (nSPS) is 18.1. The zero-order valence-corrected chi connectivity index (χ0v) is 9.66. The molecule has 0 unspecified atom stereocenters. The molecule has 1 saturated carbocycles. The minimum atomic E-state index is 0.425. The van der Waals surface area contributed by atoms with Gasteiger partial charge in [-0.3, -0.25) is 0 Å². The Hall–Kier alpha value is -0.860. The van der Waals surface area contributed by atoms with Crippen molar-refractivity contribution in [1.82, 2.24) is 4.90 Å². The van der Waals surface area contributed by atoms with Crippen LogP contribution in [0.5, 0.6) is 0 Å². The number of hydrogen-bond acceptors (Lipinski definition) is 2. The predicted octanol–water partition coefficient (Wildman–Crippen LogP) is 1.74. The van der Waals surface area contributed by atoms with Gasteiger partial charge in [-0.25, -0.2) is 0 Å². The largest absolute Gasteiger partial charge is 0.326 e. The van der Waals surface area contributed by atoms with Crippen molar-refractivity contribution in [3.63, 3.8) is 0 Å². The highest BCUT2D eigenvalue weighted by Crippen LogP contribution is 2.48. The molecule has 0 bridgehead atoms. The van der Waals surface area contributed by atoms with Gasteiger partial charge >= 0.3 is 0 Å². The second-order valence-electron chi connectivity index (χ2n) is 4.92. The van der Waals surface area contributed by atoms with Gasteiger partial charge in [0.25, 0.3) is 0 Å². The maximum absolute atomic E-state index is 5.67. The highest BCUT2D eigenvalue weighted by Gasteiger charge is 2.44. The summed E-state index contributed by atoms with van der Waals surface area (Å²) in [6.07, 6.45) is 2.64. The van der Waals surface area contributed by atoms with Crippen LogP contribution < -0.4 is 5.73 Å². The lowest BCUT2D eigenvalue weighted by Crippen LogP contribution is -2.26. The maximum Gasteiger partial charge on any atom is 0.0178 e. The molecule has 1 aromatic rings. The quantitative estimate of drug-likeness (QED) is 0.809. The van der Waals surface area contributed by atoms with Crippen LogP contribution in [0.1, 0.15) is 24.0 Å². The second kappa shape index (κ2) is 3.95. The van der Waals surface area contributed by atoms with Crippen molar-refractivity contribution in [3.8, 4) is 0 Å². The predicted molar refractivity (Wildman–Crippen MR) is 63.8 cm³/mol. The van der Waals surface area contributed by atoms with Crippen molar-refractivity contribution in [2.24, 2.45) is 5.73 Å². The molecule has 2 heteroatoms. The summed E-state index contributed by atoms with van der Waals surface area (Å²) >= 11 is 0. The third-order valence-corrected chi connectivity index (χ3v) is 3.25. The minimum Gasteiger partial charge on any atom is -0.326 e. The zero-order chi connectivity index (χ0) is 10.9. The number of hydrogen-bond donors (Lipinski definition) is 1. The first-order chi connectivity index (χ1) is 7.16. The summed E-state index contributed by atoms with van der Waals surface area (Å²) < 4.78 is 0. The average molecular weight is 204 g/mol. The molecule has 1 aromatic carbocycles. The topological polar surface area (TPSA) is 29.3 Å². The molecule has 15 heavy (non-hydrogen) atoms. The average Bonchev–Trinajstić information content (AvgIpc) is 2.98. The molecule has 0 radical (unpaired) electrons. The van der Waals surface area contributed by atoms with Crippen molar-refractivity contribution < 1.29 is 0 Å². The Bertz CT molecular complexity index is 340. The summed E-state index contributed by atoms with van der Waals surface area (Å²) in [5.41, 5.74) is 8.82. The van der Waals surface area contributed by atoms with Crippen LogP contribution in [0, 0.1) is 0 Å². The van der Waals surface area contributed by atoms with E-state index >= 15 is 0 Å². The van der Waals surface area contributed by atoms with E-state index in [-0.39, 0.29) is 0 Å². The Morgan fingerprint density at radius 3 is 2.60 bits per heavy atom. The van der Waals surface area contributed by atoms with E-state index in [1.807, 2.05) is 0 Å². The minimum absolute atomic E-state index is 0.425. The lowest BCUT2D eigenvalue weighted by atomic mass is 9.94. The monoisotopic (exact) mass is 204 g/mol. The van der Waals surface area contributed by atoms with Crippen LogP contribution in [0.15, 0.2) is 24.3 Å². The number of likely N-dealkylation sites (N-methyl/N-ethyl adjacent to an activating group) is 1. The van der Waals surface area contributed by atoms with E-state index in [9.17, 15) is 0 Å². The van der Waals surface area contributed by atoms with Gasteiger partial charge in [0.05, 0.1) is 0 Å². The fraction of sp³-hybridized carbons (Fsp3) is 0.538. The standard InChI is InChI=1S/C13H20N2/c1-15(2)10-13(6-7-13)12-5-3-4-11(8-12)9-14/h3-5,8H,6-7,9-10,14H2,1-2H3. The molecular weight excluding hydrogens is 184 g/mol. The Morgan fingerprint density at radius 1 is 1.33 bits per heavy atom. The summed E-state index contributed by atoms with van der Waals surface area (Å²) in [5.74, 6) is 0. The second-order valence-corrected chi connectivity index (χ2v) is 4.92. The molecule has 1 aliphatic rings. The van der Waals surface area contributed by atoms with Crippen LogP contribution in [0.2, 0.25) is 0 Å². The lowest BCUT2D eigenvalue weighted by molar-refractivity contribution is 0.362. The third-order valence-electron chi connectivity index (χ3n) is 3.25. The van der Waals surface area contributed by atoms with Gasteiger partial charge in [-0.15, -0.1) is 0 Å². The van der Waals surface area contributed by atoms with E-state index < -0.39 is 0 Å². The van der Waals surface area contributed by atoms with Gasteiger partial charge in [0.15, 0.2) is 0 Å². The number of rotatable bonds is 4. The zero-order valence-electron chi connectivity index (χ0n) is 9.66. The number of benzene rings is 1. The van der Waals surface area contributed by atoms with E-state index in [0.29, 0.717) is 12.0 Å². The van der Waals surface area contributed by atoms with Crippen molar-refractivity contribution >= 4 is 0 Å². The molecule has 0 heterocycles. The molecular formula is C13H20N2. The summed E-state index contributed by atoms with van der Waals surface area (Å²) in [4.78, 5) is 2.28. The number of nitrogens with two attached hydrogens (primary N) is 1. The van der Waals surface area contributed by atoms with E-state index in [4.69, 9.17) is 5.73 Å². The SMILES string of the molecule is CN(C)CC1(c2cccc(CN)c2)CC1. The Morgan fingerprint density at radius 2 is 2.07 bits per heavy atom. The van der Waals surface area contributed by atoms with Gasteiger partial charge in [0.1, 0.15) is 0 Å². The van der Waals surface area contributed by atoms with E-state index in [1.54, 1.807) is 0 Å². The molecule has 1 fully saturated rings. The molecule has 2 nitrogen and oxygen atoms in total. The van der Waals surface area contributed by atoms with Gasteiger partial charge in [-0.1, -0.05) is 24.3 Å². The molecule has 0 atom stereocenters. The maximum atomic E-state index is 5.67. The fourth-order valence-electron chi connectivity index (χ4n) is 2.32.